The highest BCUT2D eigenvalue weighted by Gasteiger charge is 2.18. The van der Waals surface area contributed by atoms with Gasteiger partial charge in [0.25, 0.3) is 0 Å². The van der Waals surface area contributed by atoms with Crippen molar-refractivity contribution in [3.05, 3.63) is 59.7 Å². The molecule has 0 saturated heterocycles. The first kappa shape index (κ1) is 15.1. The van der Waals surface area contributed by atoms with Gasteiger partial charge in [0, 0.05) is 28.3 Å². The molecule has 2 aromatic carbocycles. The van der Waals surface area contributed by atoms with Crippen LogP contribution in [0.5, 0.6) is 0 Å². The third-order valence-corrected chi connectivity index (χ3v) is 4.75. The van der Waals surface area contributed by atoms with Crippen LogP contribution < -0.4 is 0 Å². The number of nitrogens with zero attached hydrogens (tertiary/aromatic N) is 2. The van der Waals surface area contributed by atoms with E-state index in [0.717, 1.165) is 18.7 Å². The Bertz CT molecular complexity index is 682. The first-order valence-electron chi connectivity index (χ1n) is 7.43. The first-order chi connectivity index (χ1) is 10.7. The van der Waals surface area contributed by atoms with Crippen LogP contribution in [0.25, 0.3) is 0 Å². The van der Waals surface area contributed by atoms with Gasteiger partial charge < -0.3 is 9.74 Å². The molecule has 1 aliphatic heterocycles. The van der Waals surface area contributed by atoms with Gasteiger partial charge in [-0.05, 0) is 31.8 Å². The lowest BCUT2D eigenvalue weighted by molar-refractivity contribution is 0.125. The quantitative estimate of drug-likeness (QED) is 0.636. The highest BCUT2D eigenvalue weighted by atomic mass is 32.2. The van der Waals surface area contributed by atoms with E-state index in [-0.39, 0.29) is 0 Å². The lowest BCUT2D eigenvalue weighted by Gasteiger charge is -2.10. The summed E-state index contributed by atoms with van der Waals surface area (Å²) in [5.41, 5.74) is 3.49. The van der Waals surface area contributed by atoms with Crippen molar-refractivity contribution >= 4 is 17.5 Å². The molecular weight excluding hydrogens is 292 g/mol. The number of rotatable bonds is 4. The molecule has 0 saturated carbocycles. The lowest BCUT2D eigenvalue weighted by Crippen LogP contribution is -2.17. The van der Waals surface area contributed by atoms with Gasteiger partial charge in [-0.1, -0.05) is 53.3 Å². The van der Waals surface area contributed by atoms with Gasteiger partial charge in [0.1, 0.15) is 6.61 Å². The predicted octanol–water partition coefficient (Wildman–Crippen LogP) is 3.68. The van der Waals surface area contributed by atoms with E-state index in [1.807, 2.05) is 14.1 Å². The molecule has 3 rings (SSSR count). The van der Waals surface area contributed by atoms with Crippen molar-refractivity contribution in [2.75, 3.05) is 27.2 Å². The van der Waals surface area contributed by atoms with Crippen LogP contribution in [0.4, 0.5) is 0 Å². The summed E-state index contributed by atoms with van der Waals surface area (Å²) >= 11 is 1.81. The van der Waals surface area contributed by atoms with Crippen LogP contribution in [0, 0.1) is 0 Å². The van der Waals surface area contributed by atoms with Gasteiger partial charge in [0.2, 0.25) is 0 Å². The molecule has 0 atom stereocenters. The lowest BCUT2D eigenvalue weighted by atomic mass is 10.0. The van der Waals surface area contributed by atoms with Crippen LogP contribution in [0.1, 0.15) is 11.1 Å². The molecule has 4 heteroatoms. The number of hydrogen-bond donors (Lipinski definition) is 0. The summed E-state index contributed by atoms with van der Waals surface area (Å²) in [5.74, 6) is 0. The van der Waals surface area contributed by atoms with Gasteiger partial charge in [-0.3, -0.25) is 0 Å². The zero-order chi connectivity index (χ0) is 15.4. The molecule has 0 radical (unpaired) electrons. The summed E-state index contributed by atoms with van der Waals surface area (Å²) in [6, 6.07) is 16.9. The molecule has 3 nitrogen and oxygen atoms in total. The third kappa shape index (κ3) is 3.51. The van der Waals surface area contributed by atoms with Gasteiger partial charge in [-0.2, -0.15) is 0 Å². The molecule has 0 spiro atoms. The SMILES string of the molecule is CN(C)CCO/N=C1\Cc2ccccc2Sc2ccccc21. The van der Waals surface area contributed by atoms with E-state index in [0.29, 0.717) is 6.61 Å². The van der Waals surface area contributed by atoms with Crippen molar-refractivity contribution in [3.63, 3.8) is 0 Å². The number of hydrogen-bond acceptors (Lipinski definition) is 4. The summed E-state index contributed by atoms with van der Waals surface area (Å²) < 4.78 is 0. The normalized spacial score (nSPS) is 15.3. The van der Waals surface area contributed by atoms with Gasteiger partial charge in [-0.15, -0.1) is 0 Å². The van der Waals surface area contributed by atoms with Crippen molar-refractivity contribution in [3.8, 4) is 0 Å². The highest BCUT2D eigenvalue weighted by molar-refractivity contribution is 7.99. The van der Waals surface area contributed by atoms with Gasteiger partial charge in [0.05, 0.1) is 5.71 Å². The summed E-state index contributed by atoms with van der Waals surface area (Å²) in [4.78, 5) is 10.2. The molecule has 2 aromatic rings. The smallest absolute Gasteiger partial charge is 0.129 e. The average molecular weight is 312 g/mol. The Morgan fingerprint density at radius 1 is 1.05 bits per heavy atom. The Hall–Kier alpha value is -1.78. The predicted molar refractivity (Wildman–Crippen MR) is 91.8 cm³/mol. The van der Waals surface area contributed by atoms with Gasteiger partial charge in [0.15, 0.2) is 0 Å². The molecule has 1 aliphatic rings. The Labute approximate surface area is 136 Å². The molecular formula is C18H20N2OS. The van der Waals surface area contributed by atoms with Crippen molar-refractivity contribution in [1.29, 1.82) is 0 Å². The molecule has 0 amide bonds. The Morgan fingerprint density at radius 2 is 1.77 bits per heavy atom. The van der Waals surface area contributed by atoms with E-state index in [1.165, 1.54) is 20.9 Å². The highest BCUT2D eigenvalue weighted by Crippen LogP contribution is 2.36. The van der Waals surface area contributed by atoms with Crippen molar-refractivity contribution < 1.29 is 4.84 Å². The van der Waals surface area contributed by atoms with E-state index in [9.17, 15) is 0 Å². The fourth-order valence-corrected chi connectivity index (χ4v) is 3.46. The second-order valence-corrected chi connectivity index (χ2v) is 6.64. The van der Waals surface area contributed by atoms with E-state index in [2.05, 4.69) is 58.6 Å². The van der Waals surface area contributed by atoms with Crippen LogP contribution in [-0.2, 0) is 11.3 Å². The minimum absolute atomic E-state index is 0.605. The zero-order valence-corrected chi connectivity index (χ0v) is 13.8. The molecule has 0 N–H and O–H groups in total. The summed E-state index contributed by atoms with van der Waals surface area (Å²) in [6.45, 7) is 1.47. The maximum atomic E-state index is 5.55. The second kappa shape index (κ2) is 6.99. The van der Waals surface area contributed by atoms with Gasteiger partial charge >= 0.3 is 0 Å². The third-order valence-electron chi connectivity index (χ3n) is 3.55. The van der Waals surface area contributed by atoms with E-state index < -0.39 is 0 Å². The fraction of sp³-hybridized carbons (Fsp3) is 0.278. The molecule has 0 fully saturated rings. The fourth-order valence-electron chi connectivity index (χ4n) is 2.37. The Balaban J connectivity index is 1.90. The summed E-state index contributed by atoms with van der Waals surface area (Å²) in [5, 5.41) is 4.43. The van der Waals surface area contributed by atoms with E-state index in [4.69, 9.17) is 4.84 Å². The molecule has 22 heavy (non-hydrogen) atoms. The summed E-state index contributed by atoms with van der Waals surface area (Å²) in [7, 11) is 4.06. The first-order valence-corrected chi connectivity index (χ1v) is 8.24. The van der Waals surface area contributed by atoms with E-state index >= 15 is 0 Å². The molecule has 0 aromatic heterocycles. The number of likely N-dealkylation sites (N-methyl/N-ethyl adjacent to an activating group) is 1. The average Bonchev–Trinajstić information content (AvgIpc) is 2.68. The Kier molecular flexibility index (Phi) is 4.80. The van der Waals surface area contributed by atoms with Crippen molar-refractivity contribution in [2.24, 2.45) is 5.16 Å². The van der Waals surface area contributed by atoms with Crippen LogP contribution in [0.3, 0.4) is 0 Å². The molecule has 114 valence electrons. The molecule has 1 heterocycles. The standard InChI is InChI=1S/C18H20N2OS/c1-20(2)11-12-21-19-16-13-14-7-3-5-9-17(14)22-18-10-6-4-8-15(16)18/h3-10H,11-13H2,1-2H3/b19-16+. The Morgan fingerprint density at radius 3 is 2.59 bits per heavy atom. The minimum atomic E-state index is 0.605. The topological polar surface area (TPSA) is 24.8 Å². The second-order valence-electron chi connectivity index (χ2n) is 5.56. The monoisotopic (exact) mass is 312 g/mol. The minimum Gasteiger partial charge on any atom is -0.394 e. The summed E-state index contributed by atoms with van der Waals surface area (Å²) in [6.07, 6.45) is 0.808. The van der Waals surface area contributed by atoms with Crippen molar-refractivity contribution in [1.82, 2.24) is 4.90 Å². The van der Waals surface area contributed by atoms with Crippen molar-refractivity contribution in [2.45, 2.75) is 16.2 Å². The molecule has 0 aliphatic carbocycles. The number of benzene rings is 2. The maximum Gasteiger partial charge on any atom is 0.129 e. The molecule has 0 bridgehead atoms. The van der Waals surface area contributed by atoms with Gasteiger partial charge in [-0.25, -0.2) is 0 Å². The van der Waals surface area contributed by atoms with Crippen LogP contribution in [0.2, 0.25) is 0 Å². The largest absolute Gasteiger partial charge is 0.394 e. The van der Waals surface area contributed by atoms with Crippen LogP contribution in [-0.4, -0.2) is 37.9 Å². The zero-order valence-electron chi connectivity index (χ0n) is 13.0. The van der Waals surface area contributed by atoms with E-state index in [1.54, 1.807) is 11.8 Å². The molecule has 0 unspecified atom stereocenters. The number of oxime groups is 1. The van der Waals surface area contributed by atoms with Crippen LogP contribution in [0.15, 0.2) is 63.5 Å². The maximum absolute atomic E-state index is 5.55. The number of fused-ring (bicyclic) bond motifs is 2. The van der Waals surface area contributed by atoms with Crippen LogP contribution >= 0.6 is 11.8 Å².